The van der Waals surface area contributed by atoms with E-state index >= 15 is 0 Å². The number of carbonyl (C=O) groups is 2. The molecule has 33 heavy (non-hydrogen) atoms. The van der Waals surface area contributed by atoms with Crippen LogP contribution in [0.25, 0.3) is 0 Å². The number of ether oxygens (including phenoxy) is 3. The van der Waals surface area contributed by atoms with Crippen molar-refractivity contribution in [2.45, 2.75) is 19.3 Å². The molecule has 2 aromatic carbocycles. The third kappa shape index (κ3) is 5.76. The van der Waals surface area contributed by atoms with Gasteiger partial charge in [0.1, 0.15) is 0 Å². The predicted molar refractivity (Wildman–Crippen MR) is 126 cm³/mol. The van der Waals surface area contributed by atoms with Crippen molar-refractivity contribution in [3.63, 3.8) is 0 Å². The van der Waals surface area contributed by atoms with Crippen molar-refractivity contribution in [1.29, 1.82) is 0 Å². The second-order valence-corrected chi connectivity index (χ2v) is 8.17. The summed E-state index contributed by atoms with van der Waals surface area (Å²) < 4.78 is 16.4. The number of nitrogens with zero attached hydrogens (tertiary/aromatic N) is 2. The SMILES string of the molecule is COc1cc(C(=O)Nc2ccccc2N2CCCCC2)ccc1OCC(=O)N1CCOCC1. The van der Waals surface area contributed by atoms with Crippen LogP contribution in [0.2, 0.25) is 0 Å². The van der Waals surface area contributed by atoms with E-state index in [1.165, 1.54) is 13.5 Å². The van der Waals surface area contributed by atoms with E-state index in [9.17, 15) is 9.59 Å². The second-order valence-electron chi connectivity index (χ2n) is 8.17. The Morgan fingerprint density at radius 3 is 2.48 bits per heavy atom. The summed E-state index contributed by atoms with van der Waals surface area (Å²) in [6.45, 7) is 4.12. The van der Waals surface area contributed by atoms with Gasteiger partial charge < -0.3 is 29.3 Å². The quantitative estimate of drug-likeness (QED) is 0.694. The zero-order valence-corrected chi connectivity index (χ0v) is 19.0. The Labute approximate surface area is 194 Å². The third-order valence-electron chi connectivity index (χ3n) is 5.99. The summed E-state index contributed by atoms with van der Waals surface area (Å²) in [7, 11) is 1.51. The van der Waals surface area contributed by atoms with Crippen molar-refractivity contribution < 1.29 is 23.8 Å². The van der Waals surface area contributed by atoms with E-state index in [0.717, 1.165) is 37.3 Å². The number of piperidine rings is 1. The molecule has 2 heterocycles. The Hall–Kier alpha value is -3.26. The highest BCUT2D eigenvalue weighted by Gasteiger charge is 2.20. The summed E-state index contributed by atoms with van der Waals surface area (Å²) in [5.74, 6) is 0.497. The molecule has 2 fully saturated rings. The minimum Gasteiger partial charge on any atom is -0.493 e. The van der Waals surface area contributed by atoms with Crippen molar-refractivity contribution in [2.24, 2.45) is 0 Å². The van der Waals surface area contributed by atoms with Crippen molar-refractivity contribution >= 4 is 23.2 Å². The van der Waals surface area contributed by atoms with Gasteiger partial charge in [-0.05, 0) is 49.6 Å². The van der Waals surface area contributed by atoms with Crippen LogP contribution in [0.1, 0.15) is 29.6 Å². The Bertz CT molecular complexity index is 968. The molecule has 0 bridgehead atoms. The fraction of sp³-hybridized carbons (Fsp3) is 0.440. The highest BCUT2D eigenvalue weighted by molar-refractivity contribution is 6.06. The lowest BCUT2D eigenvalue weighted by molar-refractivity contribution is -0.137. The van der Waals surface area contributed by atoms with Gasteiger partial charge in [0, 0.05) is 31.7 Å². The topological polar surface area (TPSA) is 80.3 Å². The first-order chi connectivity index (χ1) is 16.2. The summed E-state index contributed by atoms with van der Waals surface area (Å²) >= 11 is 0. The van der Waals surface area contributed by atoms with Crippen LogP contribution in [-0.4, -0.2) is 69.8 Å². The molecule has 0 aliphatic carbocycles. The van der Waals surface area contributed by atoms with E-state index in [4.69, 9.17) is 14.2 Å². The number of benzene rings is 2. The molecule has 2 aromatic rings. The first-order valence-electron chi connectivity index (χ1n) is 11.5. The van der Waals surface area contributed by atoms with Crippen LogP contribution in [0.15, 0.2) is 42.5 Å². The number of anilines is 2. The second kappa shape index (κ2) is 11.0. The molecule has 8 nitrogen and oxygen atoms in total. The molecular weight excluding hydrogens is 422 g/mol. The maximum Gasteiger partial charge on any atom is 0.260 e. The number of nitrogens with one attached hydrogen (secondary N) is 1. The summed E-state index contributed by atoms with van der Waals surface area (Å²) in [6, 6.07) is 12.9. The first kappa shape index (κ1) is 22.9. The molecule has 2 saturated heterocycles. The zero-order valence-electron chi connectivity index (χ0n) is 19.0. The molecule has 2 aliphatic heterocycles. The number of amides is 2. The summed E-state index contributed by atoms with van der Waals surface area (Å²) in [5.41, 5.74) is 2.28. The van der Waals surface area contributed by atoms with Crippen LogP contribution in [0, 0.1) is 0 Å². The summed E-state index contributed by atoms with van der Waals surface area (Å²) in [5, 5.41) is 3.04. The normalized spacial score (nSPS) is 16.3. The lowest BCUT2D eigenvalue weighted by Crippen LogP contribution is -2.43. The van der Waals surface area contributed by atoms with Crippen LogP contribution in [-0.2, 0) is 9.53 Å². The number of para-hydroxylation sites is 2. The molecule has 1 N–H and O–H groups in total. The molecule has 0 radical (unpaired) electrons. The van der Waals surface area contributed by atoms with Gasteiger partial charge in [-0.25, -0.2) is 0 Å². The van der Waals surface area contributed by atoms with Gasteiger partial charge >= 0.3 is 0 Å². The standard InChI is InChI=1S/C25H31N3O5/c1-31-23-17-19(9-10-22(23)33-18-24(29)28-13-15-32-16-14-28)25(30)26-20-7-3-4-8-21(20)27-11-5-2-6-12-27/h3-4,7-10,17H,2,5-6,11-16,18H2,1H3,(H,26,30). The van der Waals surface area contributed by atoms with E-state index in [2.05, 4.69) is 10.2 Å². The highest BCUT2D eigenvalue weighted by atomic mass is 16.5. The van der Waals surface area contributed by atoms with E-state index in [-0.39, 0.29) is 18.4 Å². The van der Waals surface area contributed by atoms with E-state index in [1.54, 1.807) is 23.1 Å². The maximum atomic E-state index is 13.0. The first-order valence-corrected chi connectivity index (χ1v) is 11.5. The van der Waals surface area contributed by atoms with Crippen molar-refractivity contribution in [2.75, 3.05) is 63.3 Å². The molecule has 8 heteroatoms. The van der Waals surface area contributed by atoms with Gasteiger partial charge in [0.2, 0.25) is 0 Å². The van der Waals surface area contributed by atoms with Gasteiger partial charge in [-0.15, -0.1) is 0 Å². The van der Waals surface area contributed by atoms with Gasteiger partial charge in [0.05, 0.1) is 31.7 Å². The third-order valence-corrected chi connectivity index (χ3v) is 5.99. The van der Waals surface area contributed by atoms with Crippen LogP contribution in [0.4, 0.5) is 11.4 Å². The maximum absolute atomic E-state index is 13.0. The average Bonchev–Trinajstić information content (AvgIpc) is 2.88. The van der Waals surface area contributed by atoms with Crippen molar-refractivity contribution in [3.8, 4) is 11.5 Å². The van der Waals surface area contributed by atoms with E-state index in [0.29, 0.717) is 43.4 Å². The fourth-order valence-corrected chi connectivity index (χ4v) is 4.16. The number of carbonyl (C=O) groups excluding carboxylic acids is 2. The van der Waals surface area contributed by atoms with Gasteiger partial charge in [-0.1, -0.05) is 12.1 Å². The predicted octanol–water partition coefficient (Wildman–Crippen LogP) is 3.18. The highest BCUT2D eigenvalue weighted by Crippen LogP contribution is 2.31. The molecule has 0 atom stereocenters. The number of hydrogen-bond donors (Lipinski definition) is 1. The van der Waals surface area contributed by atoms with Crippen LogP contribution in [0.3, 0.4) is 0 Å². The lowest BCUT2D eigenvalue weighted by Gasteiger charge is -2.30. The Kier molecular flexibility index (Phi) is 7.67. The van der Waals surface area contributed by atoms with Gasteiger partial charge in [0.15, 0.2) is 18.1 Å². The molecule has 4 rings (SSSR count). The largest absolute Gasteiger partial charge is 0.493 e. The molecule has 176 valence electrons. The minimum atomic E-state index is -0.228. The van der Waals surface area contributed by atoms with Gasteiger partial charge in [-0.2, -0.15) is 0 Å². The minimum absolute atomic E-state index is 0.0921. The molecule has 0 saturated carbocycles. The number of methoxy groups -OCH3 is 1. The smallest absolute Gasteiger partial charge is 0.260 e. The monoisotopic (exact) mass is 453 g/mol. The zero-order chi connectivity index (χ0) is 23.0. The molecule has 0 aromatic heterocycles. The van der Waals surface area contributed by atoms with Crippen LogP contribution < -0.4 is 19.7 Å². The van der Waals surface area contributed by atoms with E-state index in [1.807, 2.05) is 24.3 Å². The van der Waals surface area contributed by atoms with Gasteiger partial charge in [-0.3, -0.25) is 9.59 Å². The summed E-state index contributed by atoms with van der Waals surface area (Å²) in [6.07, 6.45) is 3.57. The van der Waals surface area contributed by atoms with Crippen molar-refractivity contribution in [3.05, 3.63) is 48.0 Å². The fourth-order valence-electron chi connectivity index (χ4n) is 4.16. The Morgan fingerprint density at radius 2 is 1.73 bits per heavy atom. The van der Waals surface area contributed by atoms with Crippen LogP contribution >= 0.6 is 0 Å². The summed E-state index contributed by atoms with van der Waals surface area (Å²) in [4.78, 5) is 29.4. The number of morpholine rings is 1. The molecular formula is C25H31N3O5. The molecule has 2 aliphatic rings. The number of hydrogen-bond acceptors (Lipinski definition) is 6. The van der Waals surface area contributed by atoms with Crippen LogP contribution in [0.5, 0.6) is 11.5 Å². The molecule has 0 unspecified atom stereocenters. The lowest BCUT2D eigenvalue weighted by atomic mass is 10.1. The Balaban J connectivity index is 1.42. The molecule has 2 amide bonds. The Morgan fingerprint density at radius 1 is 0.970 bits per heavy atom. The van der Waals surface area contributed by atoms with Crippen molar-refractivity contribution in [1.82, 2.24) is 4.90 Å². The van der Waals surface area contributed by atoms with Gasteiger partial charge in [0.25, 0.3) is 11.8 Å². The average molecular weight is 454 g/mol. The van der Waals surface area contributed by atoms with E-state index < -0.39 is 0 Å². The molecule has 0 spiro atoms. The number of rotatable bonds is 7.